The van der Waals surface area contributed by atoms with Crippen molar-refractivity contribution < 1.29 is 74.6 Å². The van der Waals surface area contributed by atoms with Crippen LogP contribution in [0.1, 0.15) is 0 Å². The lowest BCUT2D eigenvalue weighted by Gasteiger charge is -2.43. The molecule has 0 nitrogen and oxygen atoms in total. The van der Waals surface area contributed by atoms with Gasteiger partial charge in [-0.15, -0.1) is 0 Å². The molecule has 0 saturated carbocycles. The predicted molar refractivity (Wildman–Crippen MR) is 41.7 cm³/mol. The SMILES string of the molecule is FC(F)C(F)(F)C(F)(F)C(F)(F)C(F)(F)C(F)(C(F)(F)F)C(F)(F)F. The predicted octanol–water partition coefficient (Wildman–Crippen LogP) is 5.63. The van der Waals surface area contributed by atoms with Gasteiger partial charge in [-0.2, -0.15) is 61.5 Å². The maximum absolute atomic E-state index is 13.0. The molecule has 0 saturated heterocycles. The summed E-state index contributed by atoms with van der Waals surface area (Å²) in [6.45, 7) is 0. The van der Waals surface area contributed by atoms with Crippen LogP contribution < -0.4 is 0 Å². The molecule has 0 bridgehead atoms. The van der Waals surface area contributed by atoms with Crippen molar-refractivity contribution in [3.05, 3.63) is 0 Å². The molecule has 0 atom stereocenters. The zero-order valence-electron chi connectivity index (χ0n) is 10.5. The minimum Gasteiger partial charge on any atom is -0.216 e. The van der Waals surface area contributed by atoms with Crippen LogP contribution in [0.15, 0.2) is 0 Å². The zero-order chi connectivity index (χ0) is 21.1. The maximum Gasteiger partial charge on any atom is 0.438 e. The third-order valence-corrected chi connectivity index (χ3v) is 2.70. The lowest BCUT2D eigenvalue weighted by atomic mass is 9.86. The van der Waals surface area contributed by atoms with E-state index in [0.29, 0.717) is 0 Å². The van der Waals surface area contributed by atoms with Crippen molar-refractivity contribution in [2.75, 3.05) is 0 Å². The fraction of sp³-hybridized carbons (Fsp3) is 1.00. The Morgan fingerprint density at radius 2 is 0.680 bits per heavy atom. The average Bonchev–Trinajstić information content (AvgIpc) is 2.33. The first-order chi connectivity index (χ1) is 10.4. The lowest BCUT2D eigenvalue weighted by Crippen LogP contribution is -2.75. The molecule has 0 aliphatic heterocycles. The normalized spacial score (nSPS) is 16.6. The highest BCUT2D eigenvalue weighted by atomic mass is 19.4. The van der Waals surface area contributed by atoms with Gasteiger partial charge in [0, 0.05) is 0 Å². The van der Waals surface area contributed by atoms with E-state index in [1.807, 2.05) is 0 Å². The van der Waals surface area contributed by atoms with Gasteiger partial charge in [0.15, 0.2) is 0 Å². The van der Waals surface area contributed by atoms with E-state index in [1.54, 1.807) is 0 Å². The van der Waals surface area contributed by atoms with Crippen molar-refractivity contribution in [1.82, 2.24) is 0 Å². The monoisotopic (exact) mass is 420 g/mol. The number of rotatable bonds is 5. The van der Waals surface area contributed by atoms with Crippen molar-refractivity contribution >= 4 is 0 Å². The summed E-state index contributed by atoms with van der Waals surface area (Å²) in [6.07, 6.45) is -22.1. The van der Waals surface area contributed by atoms with Crippen LogP contribution >= 0.6 is 0 Å². The van der Waals surface area contributed by atoms with E-state index in [2.05, 4.69) is 0 Å². The second kappa shape index (κ2) is 5.65. The minimum absolute atomic E-state index is 5.94. The molecule has 0 aromatic heterocycles. The largest absolute Gasteiger partial charge is 0.438 e. The fourth-order valence-corrected chi connectivity index (χ4v) is 1.28. The van der Waals surface area contributed by atoms with Crippen LogP contribution in [0.2, 0.25) is 0 Å². The highest BCUT2D eigenvalue weighted by molar-refractivity contribution is 5.16. The Morgan fingerprint density at radius 1 is 0.400 bits per heavy atom. The van der Waals surface area contributed by atoms with Crippen LogP contribution in [-0.2, 0) is 0 Å². The molecule has 0 rings (SSSR count). The van der Waals surface area contributed by atoms with E-state index < -0.39 is 48.1 Å². The Hall–Kier alpha value is -1.19. The van der Waals surface area contributed by atoms with E-state index in [-0.39, 0.29) is 0 Å². The highest BCUT2D eigenvalue weighted by Crippen LogP contribution is 2.64. The fourth-order valence-electron chi connectivity index (χ4n) is 1.28. The standard InChI is InChI=1S/C8HF17/c9-1(10)2(11,12)4(14,15)6(18,19)5(16,17)3(13,7(20,21)22)8(23,24)25/h1H. The van der Waals surface area contributed by atoms with Crippen molar-refractivity contribution in [2.45, 2.75) is 48.1 Å². The molecular weight excluding hydrogens is 419 g/mol. The molecule has 0 unspecified atom stereocenters. The summed E-state index contributed by atoms with van der Waals surface area (Å²) in [7, 11) is 0. The van der Waals surface area contributed by atoms with Gasteiger partial charge in [-0.05, 0) is 0 Å². The van der Waals surface area contributed by atoms with Crippen LogP contribution in [0.25, 0.3) is 0 Å². The Bertz CT molecular complexity index is 464. The quantitative estimate of drug-likeness (QED) is 0.507. The van der Waals surface area contributed by atoms with Gasteiger partial charge >= 0.3 is 48.1 Å². The molecule has 0 fully saturated rings. The van der Waals surface area contributed by atoms with E-state index >= 15 is 0 Å². The van der Waals surface area contributed by atoms with Crippen LogP contribution in [0.5, 0.6) is 0 Å². The third kappa shape index (κ3) is 2.86. The Balaban J connectivity index is 6.75. The summed E-state index contributed by atoms with van der Waals surface area (Å²) in [5.41, 5.74) is -8.47. The molecule has 0 aromatic rings. The van der Waals surface area contributed by atoms with Crippen molar-refractivity contribution in [3.63, 3.8) is 0 Å². The van der Waals surface area contributed by atoms with Crippen LogP contribution in [0, 0.1) is 0 Å². The van der Waals surface area contributed by atoms with Crippen molar-refractivity contribution in [3.8, 4) is 0 Å². The average molecular weight is 420 g/mol. The third-order valence-electron chi connectivity index (χ3n) is 2.70. The van der Waals surface area contributed by atoms with Crippen molar-refractivity contribution in [2.24, 2.45) is 0 Å². The molecule has 0 spiro atoms. The van der Waals surface area contributed by atoms with Gasteiger partial charge in [0.25, 0.3) is 0 Å². The van der Waals surface area contributed by atoms with Gasteiger partial charge in [-0.1, -0.05) is 0 Å². The molecule has 0 aromatic carbocycles. The zero-order valence-corrected chi connectivity index (χ0v) is 10.5. The Kier molecular flexibility index (Phi) is 5.38. The molecule has 25 heavy (non-hydrogen) atoms. The van der Waals surface area contributed by atoms with Crippen LogP contribution in [-0.4, -0.2) is 48.1 Å². The van der Waals surface area contributed by atoms with Gasteiger partial charge in [0.2, 0.25) is 0 Å². The van der Waals surface area contributed by atoms with E-state index in [9.17, 15) is 74.6 Å². The van der Waals surface area contributed by atoms with Gasteiger partial charge in [-0.3, -0.25) is 0 Å². The molecule has 0 N–H and O–H groups in total. The van der Waals surface area contributed by atoms with Gasteiger partial charge in [0.05, 0.1) is 0 Å². The van der Waals surface area contributed by atoms with E-state index in [0.717, 1.165) is 0 Å². The second-order valence-corrected chi connectivity index (χ2v) is 4.30. The van der Waals surface area contributed by atoms with Gasteiger partial charge < -0.3 is 0 Å². The smallest absolute Gasteiger partial charge is 0.216 e. The van der Waals surface area contributed by atoms with Gasteiger partial charge in [-0.25, -0.2) is 13.2 Å². The molecule has 0 aliphatic rings. The number of hydrogen-bond acceptors (Lipinski definition) is 0. The maximum atomic E-state index is 13.0. The number of halogens is 17. The molecule has 17 heteroatoms. The first kappa shape index (κ1) is 23.8. The summed E-state index contributed by atoms with van der Waals surface area (Å²) in [4.78, 5) is 0. The second-order valence-electron chi connectivity index (χ2n) is 4.30. The topological polar surface area (TPSA) is 0 Å². The highest BCUT2D eigenvalue weighted by Gasteiger charge is 2.96. The van der Waals surface area contributed by atoms with E-state index in [4.69, 9.17) is 0 Å². The van der Waals surface area contributed by atoms with Gasteiger partial charge in [0.1, 0.15) is 0 Å². The summed E-state index contributed by atoms with van der Waals surface area (Å²) < 4.78 is 210. The minimum atomic E-state index is -8.67. The van der Waals surface area contributed by atoms with E-state index in [1.165, 1.54) is 0 Å². The number of alkyl halides is 17. The Labute approximate surface area is 124 Å². The summed E-state index contributed by atoms with van der Waals surface area (Å²) in [5.74, 6) is -33.0. The first-order valence-corrected chi connectivity index (χ1v) is 5.06. The molecule has 152 valence electrons. The molecule has 0 heterocycles. The first-order valence-electron chi connectivity index (χ1n) is 5.06. The van der Waals surface area contributed by atoms with Crippen LogP contribution in [0.3, 0.4) is 0 Å². The molecule has 0 amide bonds. The Morgan fingerprint density at radius 3 is 0.880 bits per heavy atom. The summed E-state index contributed by atoms with van der Waals surface area (Å²) in [5, 5.41) is 0. The molecular formula is C8HF17. The molecule has 0 aliphatic carbocycles. The molecule has 0 radical (unpaired) electrons. The summed E-state index contributed by atoms with van der Waals surface area (Å²) in [6, 6.07) is 0. The number of hydrogen-bond donors (Lipinski definition) is 0. The van der Waals surface area contributed by atoms with Crippen LogP contribution in [0.4, 0.5) is 74.6 Å². The summed E-state index contributed by atoms with van der Waals surface area (Å²) >= 11 is 0. The lowest BCUT2D eigenvalue weighted by molar-refractivity contribution is -0.461. The van der Waals surface area contributed by atoms with Crippen molar-refractivity contribution in [1.29, 1.82) is 0 Å².